The van der Waals surface area contributed by atoms with Crippen LogP contribution in [0.15, 0.2) is 0 Å². The minimum Gasteiger partial charge on any atom is -0.394 e. The van der Waals surface area contributed by atoms with E-state index in [0.29, 0.717) is 0 Å². The minimum atomic E-state index is 0.833. The predicted octanol–water partition coefficient (Wildman–Crippen LogP) is 2.58. The molecule has 18 heavy (non-hydrogen) atoms. The number of hydrogen-bond donors (Lipinski definition) is 1. The van der Waals surface area contributed by atoms with E-state index in [0.717, 1.165) is 49.0 Å². The number of nitrogens with zero attached hydrogens (tertiary/aromatic N) is 3. The van der Waals surface area contributed by atoms with E-state index in [2.05, 4.69) is 23.8 Å². The summed E-state index contributed by atoms with van der Waals surface area (Å²) in [5, 5.41) is 4.57. The fraction of sp³-hybridized carbons (Fsp3) is 0.786. The first kappa shape index (κ1) is 13.2. The SMILES string of the molecule is CCCc1nn(C)c(N2CCCC(C)CC2)c1N. The Labute approximate surface area is 110 Å². The van der Waals surface area contributed by atoms with Crippen LogP contribution in [0.1, 0.15) is 45.2 Å². The lowest BCUT2D eigenvalue weighted by Gasteiger charge is -2.23. The highest BCUT2D eigenvalue weighted by molar-refractivity contribution is 5.66. The van der Waals surface area contributed by atoms with E-state index in [9.17, 15) is 0 Å². The quantitative estimate of drug-likeness (QED) is 0.897. The summed E-state index contributed by atoms with van der Waals surface area (Å²) in [6.07, 6.45) is 5.92. The van der Waals surface area contributed by atoms with E-state index in [1.54, 1.807) is 0 Å². The third-order valence-corrected chi connectivity index (χ3v) is 3.93. The van der Waals surface area contributed by atoms with Gasteiger partial charge in [-0.1, -0.05) is 20.3 Å². The normalized spacial score (nSPS) is 21.1. The molecular weight excluding hydrogens is 224 g/mol. The average molecular weight is 250 g/mol. The molecule has 0 aromatic carbocycles. The highest BCUT2D eigenvalue weighted by Crippen LogP contribution is 2.29. The van der Waals surface area contributed by atoms with E-state index < -0.39 is 0 Å². The van der Waals surface area contributed by atoms with Crippen molar-refractivity contribution in [3.8, 4) is 0 Å². The third kappa shape index (κ3) is 2.62. The highest BCUT2D eigenvalue weighted by atomic mass is 15.4. The summed E-state index contributed by atoms with van der Waals surface area (Å²) >= 11 is 0. The second-order valence-corrected chi connectivity index (χ2v) is 5.58. The maximum Gasteiger partial charge on any atom is 0.150 e. The van der Waals surface area contributed by atoms with Crippen molar-refractivity contribution in [1.29, 1.82) is 0 Å². The Bertz CT molecular complexity index is 397. The van der Waals surface area contributed by atoms with Gasteiger partial charge in [0.05, 0.1) is 11.4 Å². The Balaban J connectivity index is 2.21. The minimum absolute atomic E-state index is 0.833. The van der Waals surface area contributed by atoms with Crippen LogP contribution in [-0.4, -0.2) is 22.9 Å². The zero-order chi connectivity index (χ0) is 13.1. The van der Waals surface area contributed by atoms with Gasteiger partial charge in [-0.05, 0) is 31.6 Å². The maximum absolute atomic E-state index is 6.28. The van der Waals surface area contributed by atoms with E-state index in [4.69, 9.17) is 5.73 Å². The summed E-state index contributed by atoms with van der Waals surface area (Å²) in [6, 6.07) is 0. The topological polar surface area (TPSA) is 47.1 Å². The lowest BCUT2D eigenvalue weighted by Crippen LogP contribution is -2.27. The molecule has 2 N–H and O–H groups in total. The van der Waals surface area contributed by atoms with Gasteiger partial charge >= 0.3 is 0 Å². The molecule has 2 heterocycles. The van der Waals surface area contributed by atoms with E-state index >= 15 is 0 Å². The molecule has 1 saturated heterocycles. The van der Waals surface area contributed by atoms with Crippen molar-refractivity contribution in [3.05, 3.63) is 5.69 Å². The highest BCUT2D eigenvalue weighted by Gasteiger charge is 2.21. The maximum atomic E-state index is 6.28. The molecule has 0 saturated carbocycles. The van der Waals surface area contributed by atoms with Crippen LogP contribution in [0.25, 0.3) is 0 Å². The van der Waals surface area contributed by atoms with Crippen molar-refractivity contribution in [2.75, 3.05) is 23.7 Å². The van der Waals surface area contributed by atoms with Crippen LogP contribution in [0.5, 0.6) is 0 Å². The number of nitrogen functional groups attached to an aromatic ring is 1. The van der Waals surface area contributed by atoms with Gasteiger partial charge in [-0.2, -0.15) is 5.10 Å². The summed E-state index contributed by atoms with van der Waals surface area (Å²) in [4.78, 5) is 2.42. The molecule has 2 rings (SSSR count). The van der Waals surface area contributed by atoms with Crippen LogP contribution in [0.4, 0.5) is 11.5 Å². The Morgan fingerprint density at radius 3 is 2.83 bits per heavy atom. The number of aromatic nitrogens is 2. The van der Waals surface area contributed by atoms with Gasteiger partial charge in [-0.3, -0.25) is 4.68 Å². The van der Waals surface area contributed by atoms with E-state index in [1.165, 1.54) is 19.3 Å². The average Bonchev–Trinajstić information content (AvgIpc) is 2.52. The Morgan fingerprint density at radius 2 is 2.11 bits per heavy atom. The van der Waals surface area contributed by atoms with Gasteiger partial charge in [0.15, 0.2) is 0 Å². The van der Waals surface area contributed by atoms with Crippen molar-refractivity contribution < 1.29 is 0 Å². The monoisotopic (exact) mass is 250 g/mol. The van der Waals surface area contributed by atoms with Crippen LogP contribution < -0.4 is 10.6 Å². The molecule has 1 aliphatic rings. The molecule has 1 atom stereocenters. The molecule has 1 aromatic rings. The summed E-state index contributed by atoms with van der Waals surface area (Å²) < 4.78 is 1.97. The van der Waals surface area contributed by atoms with Crippen LogP contribution in [-0.2, 0) is 13.5 Å². The van der Waals surface area contributed by atoms with Gasteiger partial charge in [-0.25, -0.2) is 0 Å². The molecule has 102 valence electrons. The first-order chi connectivity index (χ1) is 8.63. The van der Waals surface area contributed by atoms with E-state index in [-0.39, 0.29) is 0 Å². The summed E-state index contributed by atoms with van der Waals surface area (Å²) in [5.41, 5.74) is 8.24. The number of anilines is 2. The smallest absolute Gasteiger partial charge is 0.150 e. The fourth-order valence-electron chi connectivity index (χ4n) is 2.86. The van der Waals surface area contributed by atoms with Crippen LogP contribution in [0, 0.1) is 5.92 Å². The van der Waals surface area contributed by atoms with Gasteiger partial charge in [0.25, 0.3) is 0 Å². The third-order valence-electron chi connectivity index (χ3n) is 3.93. The second-order valence-electron chi connectivity index (χ2n) is 5.58. The van der Waals surface area contributed by atoms with Gasteiger partial charge in [0.1, 0.15) is 5.82 Å². The largest absolute Gasteiger partial charge is 0.394 e. The predicted molar refractivity (Wildman–Crippen MR) is 76.8 cm³/mol. The van der Waals surface area contributed by atoms with Crippen molar-refractivity contribution in [1.82, 2.24) is 9.78 Å². The molecule has 0 spiro atoms. The lowest BCUT2D eigenvalue weighted by molar-refractivity contribution is 0.520. The molecule has 4 heteroatoms. The van der Waals surface area contributed by atoms with Gasteiger partial charge in [0, 0.05) is 20.1 Å². The number of nitrogens with two attached hydrogens (primary N) is 1. The molecule has 1 aliphatic heterocycles. The standard InChI is InChI=1S/C14H26N4/c1-4-6-12-13(15)14(17(3)16-12)18-9-5-7-11(2)8-10-18/h11H,4-10,15H2,1-3H3. The zero-order valence-electron chi connectivity index (χ0n) is 11.9. The molecule has 4 nitrogen and oxygen atoms in total. The Morgan fingerprint density at radius 1 is 1.33 bits per heavy atom. The van der Waals surface area contributed by atoms with Crippen molar-refractivity contribution >= 4 is 11.5 Å². The molecule has 0 aliphatic carbocycles. The summed E-state index contributed by atoms with van der Waals surface area (Å²) in [6.45, 7) is 6.73. The molecule has 1 fully saturated rings. The number of aryl methyl sites for hydroxylation is 2. The molecule has 1 aromatic heterocycles. The Kier molecular flexibility index (Phi) is 4.15. The number of rotatable bonds is 3. The van der Waals surface area contributed by atoms with Crippen molar-refractivity contribution in [2.24, 2.45) is 13.0 Å². The van der Waals surface area contributed by atoms with Gasteiger partial charge in [-0.15, -0.1) is 0 Å². The zero-order valence-corrected chi connectivity index (χ0v) is 11.9. The van der Waals surface area contributed by atoms with E-state index in [1.807, 2.05) is 11.7 Å². The van der Waals surface area contributed by atoms with Crippen LogP contribution >= 0.6 is 0 Å². The van der Waals surface area contributed by atoms with Crippen LogP contribution in [0.2, 0.25) is 0 Å². The molecule has 0 amide bonds. The van der Waals surface area contributed by atoms with Crippen LogP contribution in [0.3, 0.4) is 0 Å². The number of hydrogen-bond acceptors (Lipinski definition) is 3. The summed E-state index contributed by atoms with van der Waals surface area (Å²) in [5.74, 6) is 1.96. The summed E-state index contributed by atoms with van der Waals surface area (Å²) in [7, 11) is 2.01. The van der Waals surface area contributed by atoms with Gasteiger partial charge in [0.2, 0.25) is 0 Å². The molecule has 0 radical (unpaired) electrons. The van der Waals surface area contributed by atoms with Crippen molar-refractivity contribution in [2.45, 2.75) is 46.0 Å². The van der Waals surface area contributed by atoms with Gasteiger partial charge < -0.3 is 10.6 Å². The molecule has 0 bridgehead atoms. The Hall–Kier alpha value is -1.19. The fourth-order valence-corrected chi connectivity index (χ4v) is 2.86. The molecular formula is C14H26N4. The lowest BCUT2D eigenvalue weighted by atomic mass is 10.0. The first-order valence-electron chi connectivity index (χ1n) is 7.19. The van der Waals surface area contributed by atoms with Crippen molar-refractivity contribution in [3.63, 3.8) is 0 Å². The molecule has 1 unspecified atom stereocenters. The first-order valence-corrected chi connectivity index (χ1v) is 7.19. The second kappa shape index (κ2) is 5.63.